The van der Waals surface area contributed by atoms with Crippen molar-refractivity contribution in [2.75, 3.05) is 18.0 Å². The van der Waals surface area contributed by atoms with Crippen LogP contribution in [0.15, 0.2) is 35.3 Å². The Balaban J connectivity index is 1.63. The van der Waals surface area contributed by atoms with E-state index < -0.39 is 5.91 Å². The van der Waals surface area contributed by atoms with E-state index in [2.05, 4.69) is 15.0 Å². The number of carbonyl (C=O) groups is 1. The van der Waals surface area contributed by atoms with Crippen LogP contribution in [0.5, 0.6) is 0 Å². The Kier molecular flexibility index (Phi) is 4.59. The van der Waals surface area contributed by atoms with Gasteiger partial charge in [0.1, 0.15) is 5.69 Å². The van der Waals surface area contributed by atoms with Gasteiger partial charge in [-0.05, 0) is 43.9 Å². The molecule has 0 unspecified atom stereocenters. The third-order valence-electron chi connectivity index (χ3n) is 4.41. The smallest absolute Gasteiger partial charge is 0.267 e. The number of pyridine rings is 1. The highest BCUT2D eigenvalue weighted by atomic mass is 16.1. The van der Waals surface area contributed by atoms with E-state index in [0.29, 0.717) is 12.5 Å². The highest BCUT2D eigenvalue weighted by Gasteiger charge is 2.21. The van der Waals surface area contributed by atoms with E-state index in [9.17, 15) is 9.59 Å². The zero-order chi connectivity index (χ0) is 17.1. The molecule has 1 saturated heterocycles. The highest BCUT2D eigenvalue weighted by molar-refractivity contribution is 5.91. The summed E-state index contributed by atoms with van der Waals surface area (Å²) >= 11 is 0. The van der Waals surface area contributed by atoms with Gasteiger partial charge >= 0.3 is 0 Å². The van der Waals surface area contributed by atoms with Crippen molar-refractivity contribution in [3.05, 3.63) is 52.2 Å². The molecule has 0 saturated carbocycles. The third kappa shape index (κ3) is 3.61. The Hall–Kier alpha value is -2.70. The van der Waals surface area contributed by atoms with Gasteiger partial charge in [0.2, 0.25) is 0 Å². The molecule has 1 amide bonds. The van der Waals surface area contributed by atoms with E-state index in [1.54, 1.807) is 29.1 Å². The lowest BCUT2D eigenvalue weighted by atomic mass is 9.96. The molecule has 0 atom stereocenters. The number of amides is 1. The first-order valence-corrected chi connectivity index (χ1v) is 8.08. The Morgan fingerprint density at radius 3 is 2.75 bits per heavy atom. The molecule has 2 aromatic rings. The number of nitrogens with zero attached hydrogens (tertiary/aromatic N) is 4. The normalized spacial score (nSPS) is 15.5. The minimum Gasteiger partial charge on any atom is -0.371 e. The Morgan fingerprint density at radius 2 is 2.04 bits per heavy atom. The van der Waals surface area contributed by atoms with Crippen molar-refractivity contribution in [3.63, 3.8) is 0 Å². The maximum atomic E-state index is 11.9. The van der Waals surface area contributed by atoms with Gasteiger partial charge in [-0.25, -0.2) is 4.68 Å². The van der Waals surface area contributed by atoms with Gasteiger partial charge in [-0.1, -0.05) is 0 Å². The minimum absolute atomic E-state index is 0.0525. The molecule has 2 N–H and O–H groups in total. The van der Waals surface area contributed by atoms with Crippen LogP contribution in [0.2, 0.25) is 0 Å². The molecule has 1 aliphatic heterocycles. The largest absolute Gasteiger partial charge is 0.371 e. The van der Waals surface area contributed by atoms with Gasteiger partial charge in [-0.15, -0.1) is 0 Å². The minimum atomic E-state index is -0.517. The van der Waals surface area contributed by atoms with E-state index in [-0.39, 0.29) is 11.3 Å². The van der Waals surface area contributed by atoms with Gasteiger partial charge in [0.05, 0.1) is 5.69 Å². The first kappa shape index (κ1) is 16.2. The Bertz CT molecular complexity index is 794. The van der Waals surface area contributed by atoms with E-state index in [4.69, 9.17) is 5.73 Å². The molecule has 3 rings (SSSR count). The molecular weight excluding hydrogens is 306 g/mol. The lowest BCUT2D eigenvalue weighted by molar-refractivity contribution is 0.0995. The monoisotopic (exact) mass is 327 g/mol. The van der Waals surface area contributed by atoms with Gasteiger partial charge in [0.15, 0.2) is 0 Å². The molecule has 1 fully saturated rings. The van der Waals surface area contributed by atoms with Gasteiger partial charge in [0, 0.05) is 37.6 Å². The second-order valence-electron chi connectivity index (χ2n) is 6.19. The predicted molar refractivity (Wildman–Crippen MR) is 90.9 cm³/mol. The summed E-state index contributed by atoms with van der Waals surface area (Å²) in [6.07, 6.45) is 3.55. The molecule has 0 aliphatic carbocycles. The molecule has 0 spiro atoms. The summed E-state index contributed by atoms with van der Waals surface area (Å²) in [7, 11) is 0. The number of aryl methyl sites for hydroxylation is 1. The number of rotatable bonds is 4. The van der Waals surface area contributed by atoms with Gasteiger partial charge in [-0.3, -0.25) is 14.6 Å². The Labute approximate surface area is 140 Å². The standard InChI is InChI=1S/C17H21N5O2/c1-12-2-3-16(23)22(20-12)11-13-5-8-21(9-6-13)14-4-7-19-15(10-14)17(18)24/h2-4,7,10,13H,5-6,8-9,11H2,1H3,(H2,18,24). The summed E-state index contributed by atoms with van der Waals surface area (Å²) in [5.74, 6) is -0.0951. The second kappa shape index (κ2) is 6.82. The van der Waals surface area contributed by atoms with Crippen LogP contribution in [0.1, 0.15) is 29.0 Å². The number of nitrogens with two attached hydrogens (primary N) is 1. The number of anilines is 1. The zero-order valence-electron chi connectivity index (χ0n) is 13.7. The van der Waals surface area contributed by atoms with E-state index >= 15 is 0 Å². The molecule has 126 valence electrons. The van der Waals surface area contributed by atoms with Crippen LogP contribution in [-0.4, -0.2) is 33.8 Å². The summed E-state index contributed by atoms with van der Waals surface area (Å²) in [4.78, 5) is 29.3. The number of primary amides is 1. The summed E-state index contributed by atoms with van der Waals surface area (Å²) in [6.45, 7) is 4.27. The molecule has 24 heavy (non-hydrogen) atoms. The van der Waals surface area contributed by atoms with E-state index in [1.165, 1.54) is 0 Å². The summed E-state index contributed by atoms with van der Waals surface area (Å²) in [5, 5.41) is 4.31. The zero-order valence-corrected chi connectivity index (χ0v) is 13.7. The van der Waals surface area contributed by atoms with Crippen molar-refractivity contribution in [3.8, 4) is 0 Å². The van der Waals surface area contributed by atoms with Crippen LogP contribution in [0, 0.1) is 12.8 Å². The third-order valence-corrected chi connectivity index (χ3v) is 4.41. The molecular formula is C17H21N5O2. The fourth-order valence-corrected chi connectivity index (χ4v) is 3.05. The average molecular weight is 327 g/mol. The maximum absolute atomic E-state index is 11.9. The van der Waals surface area contributed by atoms with Crippen molar-refractivity contribution >= 4 is 11.6 Å². The van der Waals surface area contributed by atoms with Crippen molar-refractivity contribution < 1.29 is 4.79 Å². The molecule has 7 heteroatoms. The molecule has 0 bridgehead atoms. The summed E-state index contributed by atoms with van der Waals surface area (Å²) in [6, 6.07) is 6.93. The Morgan fingerprint density at radius 1 is 1.29 bits per heavy atom. The van der Waals surface area contributed by atoms with E-state index in [1.807, 2.05) is 13.0 Å². The van der Waals surface area contributed by atoms with Crippen LogP contribution in [0.3, 0.4) is 0 Å². The van der Waals surface area contributed by atoms with Crippen molar-refractivity contribution in [2.24, 2.45) is 11.7 Å². The van der Waals surface area contributed by atoms with Crippen LogP contribution >= 0.6 is 0 Å². The van der Waals surface area contributed by atoms with E-state index in [0.717, 1.165) is 37.3 Å². The van der Waals surface area contributed by atoms with Crippen molar-refractivity contribution in [1.29, 1.82) is 0 Å². The fraction of sp³-hybridized carbons (Fsp3) is 0.412. The average Bonchev–Trinajstić information content (AvgIpc) is 2.59. The predicted octanol–water partition coefficient (Wildman–Crippen LogP) is 0.962. The second-order valence-corrected chi connectivity index (χ2v) is 6.19. The van der Waals surface area contributed by atoms with Crippen molar-refractivity contribution in [2.45, 2.75) is 26.3 Å². The quantitative estimate of drug-likeness (QED) is 0.903. The van der Waals surface area contributed by atoms with Gasteiger partial charge in [-0.2, -0.15) is 5.10 Å². The number of hydrogen-bond donors (Lipinski definition) is 1. The molecule has 7 nitrogen and oxygen atoms in total. The fourth-order valence-electron chi connectivity index (χ4n) is 3.05. The first-order valence-electron chi connectivity index (χ1n) is 8.08. The molecule has 1 aliphatic rings. The topological polar surface area (TPSA) is 94.1 Å². The number of piperidine rings is 1. The SMILES string of the molecule is Cc1ccc(=O)n(CC2CCN(c3ccnc(C(N)=O)c3)CC2)n1. The molecule has 3 heterocycles. The van der Waals surface area contributed by atoms with Crippen LogP contribution in [-0.2, 0) is 6.54 Å². The first-order chi connectivity index (χ1) is 11.5. The number of hydrogen-bond acceptors (Lipinski definition) is 5. The van der Waals surface area contributed by atoms with Crippen molar-refractivity contribution in [1.82, 2.24) is 14.8 Å². The lowest BCUT2D eigenvalue weighted by Crippen LogP contribution is -2.37. The van der Waals surface area contributed by atoms with Crippen LogP contribution in [0.25, 0.3) is 0 Å². The van der Waals surface area contributed by atoms with Gasteiger partial charge < -0.3 is 10.6 Å². The lowest BCUT2D eigenvalue weighted by Gasteiger charge is -2.33. The molecule has 0 aromatic carbocycles. The molecule has 0 radical (unpaired) electrons. The number of aromatic nitrogens is 3. The van der Waals surface area contributed by atoms with Crippen LogP contribution < -0.4 is 16.2 Å². The highest BCUT2D eigenvalue weighted by Crippen LogP contribution is 2.24. The van der Waals surface area contributed by atoms with Gasteiger partial charge in [0.25, 0.3) is 11.5 Å². The molecule has 2 aromatic heterocycles. The number of carbonyl (C=O) groups excluding carboxylic acids is 1. The maximum Gasteiger partial charge on any atom is 0.267 e. The summed E-state index contributed by atoms with van der Waals surface area (Å²) < 4.78 is 1.56. The van der Waals surface area contributed by atoms with Crippen LogP contribution in [0.4, 0.5) is 5.69 Å². The summed E-state index contributed by atoms with van der Waals surface area (Å²) in [5.41, 5.74) is 7.33.